The summed E-state index contributed by atoms with van der Waals surface area (Å²) in [6, 6.07) is 0.619. The third-order valence-electron chi connectivity index (χ3n) is 4.26. The lowest BCUT2D eigenvalue weighted by Crippen LogP contribution is -2.53. The lowest BCUT2D eigenvalue weighted by atomic mass is 9.76. The van der Waals surface area contributed by atoms with Crippen molar-refractivity contribution in [3.05, 3.63) is 0 Å². The van der Waals surface area contributed by atoms with Gasteiger partial charge < -0.3 is 5.32 Å². The molecule has 1 saturated carbocycles. The molecule has 0 saturated heterocycles. The highest BCUT2D eigenvalue weighted by Gasteiger charge is 2.34. The number of nitrogens with zero attached hydrogens (tertiary/aromatic N) is 1. The second-order valence-corrected chi connectivity index (χ2v) is 5.88. The zero-order chi connectivity index (χ0) is 13.7. The van der Waals surface area contributed by atoms with Crippen molar-refractivity contribution >= 4 is 0 Å². The topological polar surface area (TPSA) is 15.3 Å². The molecule has 0 bridgehead atoms. The van der Waals surface area contributed by atoms with E-state index < -0.39 is 6.43 Å². The molecule has 1 rings (SSSR count). The van der Waals surface area contributed by atoms with E-state index in [2.05, 4.69) is 26.1 Å². The van der Waals surface area contributed by atoms with Crippen molar-refractivity contribution in [1.29, 1.82) is 0 Å². The Kier molecular flexibility index (Phi) is 6.50. The smallest absolute Gasteiger partial charge is 0.251 e. The van der Waals surface area contributed by atoms with Gasteiger partial charge in [-0.25, -0.2) is 8.78 Å². The number of likely N-dealkylation sites (N-methyl/N-ethyl adjacent to an activating group) is 2. The van der Waals surface area contributed by atoms with E-state index in [0.29, 0.717) is 17.9 Å². The molecule has 108 valence electrons. The van der Waals surface area contributed by atoms with Crippen LogP contribution in [0.15, 0.2) is 0 Å². The first-order valence-corrected chi connectivity index (χ1v) is 7.17. The number of halogens is 2. The lowest BCUT2D eigenvalue weighted by molar-refractivity contribution is 0.0435. The Morgan fingerprint density at radius 3 is 2.44 bits per heavy atom. The zero-order valence-electron chi connectivity index (χ0n) is 12.1. The molecular formula is C14H28F2N2. The molecule has 0 radical (unpaired) electrons. The minimum absolute atomic E-state index is 0.114. The molecule has 0 spiro atoms. The fourth-order valence-electron chi connectivity index (χ4n) is 3.12. The van der Waals surface area contributed by atoms with Gasteiger partial charge in [0.2, 0.25) is 0 Å². The molecule has 0 aromatic rings. The van der Waals surface area contributed by atoms with Crippen molar-refractivity contribution in [3.63, 3.8) is 0 Å². The van der Waals surface area contributed by atoms with Crippen LogP contribution in [0, 0.1) is 11.8 Å². The SMILES string of the molecule is CCNC1CCC(C(C)C)CC1N(C)CC(F)F. The first-order chi connectivity index (χ1) is 8.45. The summed E-state index contributed by atoms with van der Waals surface area (Å²) in [5.74, 6) is 1.32. The molecule has 0 aliphatic heterocycles. The van der Waals surface area contributed by atoms with E-state index >= 15 is 0 Å². The van der Waals surface area contributed by atoms with Gasteiger partial charge in [0.1, 0.15) is 0 Å². The predicted molar refractivity (Wildman–Crippen MR) is 72.1 cm³/mol. The van der Waals surface area contributed by atoms with Crippen molar-refractivity contribution in [1.82, 2.24) is 10.2 Å². The summed E-state index contributed by atoms with van der Waals surface area (Å²) in [6.45, 7) is 7.36. The zero-order valence-corrected chi connectivity index (χ0v) is 12.1. The second kappa shape index (κ2) is 7.39. The largest absolute Gasteiger partial charge is 0.313 e. The minimum Gasteiger partial charge on any atom is -0.313 e. The Labute approximate surface area is 110 Å². The van der Waals surface area contributed by atoms with Crippen LogP contribution < -0.4 is 5.32 Å². The van der Waals surface area contributed by atoms with Crippen molar-refractivity contribution in [2.75, 3.05) is 20.1 Å². The number of rotatable bonds is 6. The standard InChI is InChI=1S/C14H28F2N2/c1-5-17-12-7-6-11(10(2)3)8-13(12)18(4)9-14(15)16/h10-14,17H,5-9H2,1-4H3. The molecule has 2 nitrogen and oxygen atoms in total. The maximum atomic E-state index is 12.5. The van der Waals surface area contributed by atoms with Gasteiger partial charge in [0.25, 0.3) is 6.43 Å². The molecule has 18 heavy (non-hydrogen) atoms. The molecule has 3 atom stereocenters. The minimum atomic E-state index is -2.24. The van der Waals surface area contributed by atoms with Gasteiger partial charge >= 0.3 is 0 Å². The molecule has 0 heterocycles. The van der Waals surface area contributed by atoms with Gasteiger partial charge in [-0.15, -0.1) is 0 Å². The summed E-state index contributed by atoms with van der Waals surface area (Å²) in [5, 5.41) is 3.46. The highest BCUT2D eigenvalue weighted by Crippen LogP contribution is 2.32. The highest BCUT2D eigenvalue weighted by molar-refractivity contribution is 4.91. The second-order valence-electron chi connectivity index (χ2n) is 5.88. The van der Waals surface area contributed by atoms with E-state index in [4.69, 9.17) is 0 Å². The fraction of sp³-hybridized carbons (Fsp3) is 1.00. The van der Waals surface area contributed by atoms with Crippen molar-refractivity contribution < 1.29 is 8.78 Å². The molecule has 4 heteroatoms. The predicted octanol–water partition coefficient (Wildman–Crippen LogP) is 2.99. The number of alkyl halides is 2. The Hall–Kier alpha value is -0.220. The molecular weight excluding hydrogens is 234 g/mol. The van der Waals surface area contributed by atoms with Gasteiger partial charge in [-0.3, -0.25) is 4.90 Å². The quantitative estimate of drug-likeness (QED) is 0.791. The van der Waals surface area contributed by atoms with Crippen LogP contribution in [0.4, 0.5) is 8.78 Å². The maximum absolute atomic E-state index is 12.5. The fourth-order valence-corrected chi connectivity index (χ4v) is 3.12. The van der Waals surface area contributed by atoms with Gasteiger partial charge in [0.05, 0.1) is 6.54 Å². The Morgan fingerprint density at radius 2 is 1.94 bits per heavy atom. The average molecular weight is 262 g/mol. The first kappa shape index (κ1) is 15.8. The highest BCUT2D eigenvalue weighted by atomic mass is 19.3. The molecule has 3 unspecified atom stereocenters. The Balaban J connectivity index is 2.64. The van der Waals surface area contributed by atoms with Crippen LogP contribution in [0.25, 0.3) is 0 Å². The normalized spacial score (nSPS) is 29.5. The summed E-state index contributed by atoms with van der Waals surface area (Å²) in [4.78, 5) is 1.85. The lowest BCUT2D eigenvalue weighted by Gasteiger charge is -2.42. The summed E-state index contributed by atoms with van der Waals surface area (Å²) < 4.78 is 25.1. The summed E-state index contributed by atoms with van der Waals surface area (Å²) >= 11 is 0. The molecule has 1 aliphatic carbocycles. The monoisotopic (exact) mass is 262 g/mol. The Morgan fingerprint density at radius 1 is 1.28 bits per heavy atom. The summed E-state index contributed by atoms with van der Waals surface area (Å²) in [5.41, 5.74) is 0. The molecule has 1 N–H and O–H groups in total. The van der Waals surface area contributed by atoms with Crippen LogP contribution in [0.2, 0.25) is 0 Å². The maximum Gasteiger partial charge on any atom is 0.251 e. The van der Waals surface area contributed by atoms with Gasteiger partial charge in [-0.05, 0) is 44.7 Å². The molecule has 1 fully saturated rings. The van der Waals surface area contributed by atoms with Crippen LogP contribution in [0.5, 0.6) is 0 Å². The van der Waals surface area contributed by atoms with Gasteiger partial charge in [-0.1, -0.05) is 20.8 Å². The molecule has 1 aliphatic rings. The van der Waals surface area contributed by atoms with Crippen LogP contribution in [0.1, 0.15) is 40.0 Å². The summed E-state index contributed by atoms with van der Waals surface area (Å²) in [6.07, 6.45) is 1.12. The first-order valence-electron chi connectivity index (χ1n) is 7.17. The molecule has 0 aromatic heterocycles. The molecule has 0 amide bonds. The van der Waals surface area contributed by atoms with Crippen LogP contribution in [0.3, 0.4) is 0 Å². The van der Waals surface area contributed by atoms with Crippen molar-refractivity contribution in [2.24, 2.45) is 11.8 Å². The number of nitrogens with one attached hydrogen (secondary N) is 1. The Bertz CT molecular complexity index is 234. The van der Waals surface area contributed by atoms with E-state index in [9.17, 15) is 8.78 Å². The number of hydrogen-bond donors (Lipinski definition) is 1. The van der Waals surface area contributed by atoms with Crippen LogP contribution in [-0.2, 0) is 0 Å². The van der Waals surface area contributed by atoms with E-state index in [-0.39, 0.29) is 12.6 Å². The molecule has 0 aromatic carbocycles. The van der Waals surface area contributed by atoms with Gasteiger partial charge in [0, 0.05) is 12.1 Å². The number of hydrogen-bond acceptors (Lipinski definition) is 2. The van der Waals surface area contributed by atoms with E-state index in [1.54, 1.807) is 0 Å². The summed E-state index contributed by atoms with van der Waals surface area (Å²) in [7, 11) is 1.84. The van der Waals surface area contributed by atoms with E-state index in [1.165, 1.54) is 6.42 Å². The van der Waals surface area contributed by atoms with Crippen molar-refractivity contribution in [2.45, 2.75) is 58.5 Å². The third-order valence-corrected chi connectivity index (χ3v) is 4.26. The van der Waals surface area contributed by atoms with Crippen molar-refractivity contribution in [3.8, 4) is 0 Å². The van der Waals surface area contributed by atoms with E-state index in [1.807, 2.05) is 11.9 Å². The van der Waals surface area contributed by atoms with E-state index in [0.717, 1.165) is 19.4 Å². The third kappa shape index (κ3) is 4.47. The van der Waals surface area contributed by atoms with Crippen LogP contribution in [-0.4, -0.2) is 43.5 Å². The van der Waals surface area contributed by atoms with Gasteiger partial charge in [-0.2, -0.15) is 0 Å². The average Bonchev–Trinajstić information content (AvgIpc) is 2.28. The van der Waals surface area contributed by atoms with Crippen LogP contribution >= 0.6 is 0 Å². The van der Waals surface area contributed by atoms with Gasteiger partial charge in [0.15, 0.2) is 0 Å².